The van der Waals surface area contributed by atoms with Crippen molar-refractivity contribution in [1.82, 2.24) is 19.8 Å². The lowest BCUT2D eigenvalue weighted by Gasteiger charge is -2.34. The van der Waals surface area contributed by atoms with Crippen molar-refractivity contribution in [1.29, 1.82) is 0 Å². The molecule has 1 saturated heterocycles. The standard InChI is InChI=1S/C28H31ClN6O5/c1-34(2)23(37)14-18-8-11-20-24(31-18)25(26(40-20)28(39)32-21-12-7-17(29)15-30-21)33-27(38)16-5-9-19(10-6-16)35-13-3-4-22(35)36/h7-8,11-12,15-16,19H,3-6,9-10,13-14H2,1-2H3,(H,33,38)(H,30,32,39). The number of carbonyl (C=O) groups excluding carboxylic acids is 4. The van der Waals surface area contributed by atoms with Gasteiger partial charge in [-0.3, -0.25) is 19.2 Å². The molecule has 2 aliphatic rings. The number of fused-ring (bicyclic) bond motifs is 1. The van der Waals surface area contributed by atoms with Crippen molar-refractivity contribution in [2.45, 2.75) is 51.0 Å². The van der Waals surface area contributed by atoms with Crippen LogP contribution in [0.15, 0.2) is 34.9 Å². The van der Waals surface area contributed by atoms with Gasteiger partial charge in [-0.05, 0) is 56.4 Å². The molecule has 11 nitrogen and oxygen atoms in total. The number of nitrogens with zero attached hydrogens (tertiary/aromatic N) is 4. The molecule has 12 heteroatoms. The van der Waals surface area contributed by atoms with Crippen molar-refractivity contribution in [3.8, 4) is 0 Å². The van der Waals surface area contributed by atoms with Crippen molar-refractivity contribution in [2.75, 3.05) is 31.3 Å². The number of amides is 4. The number of halogens is 1. The van der Waals surface area contributed by atoms with Crippen molar-refractivity contribution in [3.63, 3.8) is 0 Å². The molecule has 3 aromatic heterocycles. The molecule has 4 heterocycles. The van der Waals surface area contributed by atoms with E-state index in [0.717, 1.165) is 25.8 Å². The first-order valence-electron chi connectivity index (χ1n) is 13.4. The lowest BCUT2D eigenvalue weighted by Crippen LogP contribution is -2.40. The molecule has 0 spiro atoms. The number of aromatic nitrogens is 2. The lowest BCUT2D eigenvalue weighted by atomic mass is 9.84. The van der Waals surface area contributed by atoms with Gasteiger partial charge in [-0.15, -0.1) is 0 Å². The third-order valence-corrected chi connectivity index (χ3v) is 7.69. The van der Waals surface area contributed by atoms with E-state index >= 15 is 0 Å². The molecule has 5 rings (SSSR count). The Kier molecular flexibility index (Phi) is 8.02. The SMILES string of the molecule is CN(C)C(=O)Cc1ccc2oc(C(=O)Nc3ccc(Cl)cn3)c(NC(=O)C3CCC(N4CCCC4=O)CC3)c2n1. The highest BCUT2D eigenvalue weighted by atomic mass is 35.5. The van der Waals surface area contributed by atoms with Crippen LogP contribution in [0.25, 0.3) is 11.1 Å². The average molecular weight is 567 g/mol. The fourth-order valence-corrected chi connectivity index (χ4v) is 5.37. The second kappa shape index (κ2) is 11.6. The third kappa shape index (κ3) is 5.94. The molecular formula is C28H31ClN6O5. The van der Waals surface area contributed by atoms with E-state index in [1.807, 2.05) is 4.90 Å². The zero-order chi connectivity index (χ0) is 28.4. The summed E-state index contributed by atoms with van der Waals surface area (Å²) in [6.07, 6.45) is 5.70. The minimum Gasteiger partial charge on any atom is -0.447 e. The summed E-state index contributed by atoms with van der Waals surface area (Å²) in [4.78, 5) is 63.2. The van der Waals surface area contributed by atoms with Crippen molar-refractivity contribution in [3.05, 3.63) is 46.9 Å². The smallest absolute Gasteiger partial charge is 0.294 e. The van der Waals surface area contributed by atoms with E-state index in [1.165, 1.54) is 11.1 Å². The molecular weight excluding hydrogens is 536 g/mol. The maximum Gasteiger partial charge on any atom is 0.294 e. The Hall–Kier alpha value is -3.99. The quantitative estimate of drug-likeness (QED) is 0.442. The Labute approximate surface area is 236 Å². The van der Waals surface area contributed by atoms with Gasteiger partial charge in [0.1, 0.15) is 17.0 Å². The molecule has 1 saturated carbocycles. The summed E-state index contributed by atoms with van der Waals surface area (Å²) in [6.45, 7) is 0.784. The number of rotatable bonds is 7. The highest BCUT2D eigenvalue weighted by Crippen LogP contribution is 2.34. The molecule has 0 aromatic carbocycles. The first-order valence-corrected chi connectivity index (χ1v) is 13.7. The summed E-state index contributed by atoms with van der Waals surface area (Å²) in [6, 6.07) is 6.59. The van der Waals surface area contributed by atoms with E-state index in [0.29, 0.717) is 35.6 Å². The fraction of sp³-hybridized carbons (Fsp3) is 0.429. The molecule has 2 N–H and O–H groups in total. The molecule has 1 aliphatic carbocycles. The number of likely N-dealkylation sites (N-methyl/N-ethyl adjacent to an activating group) is 1. The largest absolute Gasteiger partial charge is 0.447 e. The van der Waals surface area contributed by atoms with Crippen LogP contribution in [0.3, 0.4) is 0 Å². The summed E-state index contributed by atoms with van der Waals surface area (Å²) >= 11 is 5.90. The molecule has 0 unspecified atom stereocenters. The van der Waals surface area contributed by atoms with Gasteiger partial charge in [0.2, 0.25) is 23.5 Å². The second-order valence-corrected chi connectivity index (χ2v) is 10.9. The van der Waals surface area contributed by atoms with E-state index < -0.39 is 5.91 Å². The van der Waals surface area contributed by atoms with Gasteiger partial charge < -0.3 is 24.9 Å². The zero-order valence-electron chi connectivity index (χ0n) is 22.4. The van der Waals surface area contributed by atoms with Crippen LogP contribution in [0, 0.1) is 5.92 Å². The van der Waals surface area contributed by atoms with Gasteiger partial charge >= 0.3 is 0 Å². The highest BCUT2D eigenvalue weighted by molar-refractivity contribution is 6.30. The molecule has 40 heavy (non-hydrogen) atoms. The van der Waals surface area contributed by atoms with Crippen LogP contribution in [-0.2, 0) is 20.8 Å². The van der Waals surface area contributed by atoms with Crippen LogP contribution in [0.4, 0.5) is 11.5 Å². The molecule has 210 valence electrons. The van der Waals surface area contributed by atoms with Crippen LogP contribution in [0.1, 0.15) is 54.8 Å². The predicted octanol–water partition coefficient (Wildman–Crippen LogP) is 3.88. The van der Waals surface area contributed by atoms with E-state index in [1.54, 1.807) is 38.4 Å². The monoisotopic (exact) mass is 566 g/mol. The number of carbonyl (C=O) groups is 4. The van der Waals surface area contributed by atoms with Gasteiger partial charge in [0, 0.05) is 45.2 Å². The first-order chi connectivity index (χ1) is 19.2. The Morgan fingerprint density at radius 2 is 1.88 bits per heavy atom. The molecule has 0 atom stereocenters. The molecule has 4 amide bonds. The van der Waals surface area contributed by atoms with Crippen molar-refractivity contribution < 1.29 is 23.6 Å². The first kappa shape index (κ1) is 27.6. The van der Waals surface area contributed by atoms with E-state index in [4.69, 9.17) is 16.0 Å². The molecule has 0 bridgehead atoms. The minimum absolute atomic E-state index is 0.0525. The Morgan fingerprint density at radius 3 is 2.52 bits per heavy atom. The maximum absolute atomic E-state index is 13.4. The molecule has 2 fully saturated rings. The average Bonchev–Trinajstić information content (AvgIpc) is 3.53. The summed E-state index contributed by atoms with van der Waals surface area (Å²) in [5, 5.41) is 5.98. The van der Waals surface area contributed by atoms with Gasteiger partial charge in [-0.1, -0.05) is 11.6 Å². The third-order valence-electron chi connectivity index (χ3n) is 7.46. The number of hydrogen-bond acceptors (Lipinski definition) is 7. The number of furan rings is 1. The normalized spacial score (nSPS) is 19.1. The number of hydrogen-bond donors (Lipinski definition) is 2. The topological polar surface area (TPSA) is 138 Å². The molecule has 1 aliphatic heterocycles. The van der Waals surface area contributed by atoms with E-state index in [9.17, 15) is 19.2 Å². The van der Waals surface area contributed by atoms with Crippen LogP contribution < -0.4 is 10.6 Å². The van der Waals surface area contributed by atoms with Gasteiger partial charge in [0.25, 0.3) is 5.91 Å². The fourth-order valence-electron chi connectivity index (χ4n) is 5.26. The van der Waals surface area contributed by atoms with Crippen LogP contribution >= 0.6 is 11.6 Å². The highest BCUT2D eigenvalue weighted by Gasteiger charge is 2.34. The van der Waals surface area contributed by atoms with Crippen LogP contribution in [0.5, 0.6) is 0 Å². The predicted molar refractivity (Wildman–Crippen MR) is 149 cm³/mol. The van der Waals surface area contributed by atoms with Crippen LogP contribution in [0.2, 0.25) is 5.02 Å². The number of likely N-dealkylation sites (tertiary alicyclic amines) is 1. The Balaban J connectivity index is 1.39. The molecule has 0 radical (unpaired) electrons. The van der Waals surface area contributed by atoms with Gasteiger partial charge in [-0.25, -0.2) is 9.97 Å². The van der Waals surface area contributed by atoms with Crippen molar-refractivity contribution in [2.24, 2.45) is 5.92 Å². The number of anilines is 2. The second-order valence-electron chi connectivity index (χ2n) is 10.4. The van der Waals surface area contributed by atoms with Gasteiger partial charge in [0.15, 0.2) is 5.58 Å². The van der Waals surface area contributed by atoms with Gasteiger partial charge in [-0.2, -0.15) is 0 Å². The zero-order valence-corrected chi connectivity index (χ0v) is 23.2. The summed E-state index contributed by atoms with van der Waals surface area (Å²) in [7, 11) is 3.32. The lowest BCUT2D eigenvalue weighted by molar-refractivity contribution is -0.131. The Morgan fingerprint density at radius 1 is 1.10 bits per heavy atom. The summed E-state index contributed by atoms with van der Waals surface area (Å²) in [5.41, 5.74) is 1.19. The van der Waals surface area contributed by atoms with Crippen molar-refractivity contribution >= 4 is 57.8 Å². The number of nitrogens with one attached hydrogen (secondary N) is 2. The Bertz CT molecular complexity index is 1450. The molecule has 3 aromatic rings. The maximum atomic E-state index is 13.4. The summed E-state index contributed by atoms with van der Waals surface area (Å²) < 4.78 is 5.87. The van der Waals surface area contributed by atoms with Crippen LogP contribution in [-0.4, -0.2) is 70.1 Å². The van der Waals surface area contributed by atoms with E-state index in [-0.39, 0.29) is 58.9 Å². The van der Waals surface area contributed by atoms with Gasteiger partial charge in [0.05, 0.1) is 17.1 Å². The number of pyridine rings is 2. The van der Waals surface area contributed by atoms with E-state index in [2.05, 4.69) is 20.6 Å². The minimum atomic E-state index is -0.620. The summed E-state index contributed by atoms with van der Waals surface area (Å²) in [5.74, 6) is -0.966.